The Morgan fingerprint density at radius 2 is 2.28 bits per heavy atom. The molecule has 1 aliphatic rings. The van der Waals surface area contributed by atoms with E-state index in [4.69, 9.17) is 16.7 Å². The lowest BCUT2D eigenvalue weighted by atomic mass is 10.1. The van der Waals surface area contributed by atoms with Gasteiger partial charge in [0.1, 0.15) is 6.04 Å². The van der Waals surface area contributed by atoms with E-state index >= 15 is 0 Å². The fraction of sp³-hybridized carbons (Fsp3) is 0.333. The quantitative estimate of drug-likeness (QED) is 0.921. The zero-order valence-corrected chi connectivity index (χ0v) is 11.1. The predicted molar refractivity (Wildman–Crippen MR) is 70.8 cm³/mol. The van der Waals surface area contributed by atoms with Crippen LogP contribution in [0.3, 0.4) is 0 Å². The lowest BCUT2D eigenvalue weighted by molar-refractivity contribution is -0.147. The molecule has 18 heavy (non-hydrogen) atoms. The Kier molecular flexibility index (Phi) is 4.14. The number of halogens is 1. The predicted octanol–water partition coefficient (Wildman–Crippen LogP) is 1.87. The molecule has 0 bridgehead atoms. The van der Waals surface area contributed by atoms with Gasteiger partial charge in [0.25, 0.3) is 0 Å². The van der Waals surface area contributed by atoms with E-state index in [0.29, 0.717) is 16.7 Å². The highest BCUT2D eigenvalue weighted by molar-refractivity contribution is 7.99. The number of hydrogen-bond donors (Lipinski definition) is 1. The third-order valence-corrected chi connectivity index (χ3v) is 3.98. The monoisotopic (exact) mass is 285 g/mol. The number of nitrogens with zero attached hydrogens (tertiary/aromatic N) is 1. The van der Waals surface area contributed by atoms with Crippen molar-refractivity contribution in [2.45, 2.75) is 12.5 Å². The van der Waals surface area contributed by atoms with E-state index in [9.17, 15) is 9.59 Å². The summed E-state index contributed by atoms with van der Waals surface area (Å²) >= 11 is 7.30. The van der Waals surface area contributed by atoms with Gasteiger partial charge in [-0.3, -0.25) is 4.79 Å². The number of rotatable bonds is 3. The second-order valence-electron chi connectivity index (χ2n) is 4.02. The van der Waals surface area contributed by atoms with Gasteiger partial charge in [-0.25, -0.2) is 4.79 Å². The van der Waals surface area contributed by atoms with Crippen LogP contribution in [0.1, 0.15) is 5.56 Å². The van der Waals surface area contributed by atoms with Gasteiger partial charge in [-0.1, -0.05) is 23.7 Å². The van der Waals surface area contributed by atoms with Gasteiger partial charge in [0.2, 0.25) is 5.91 Å². The third kappa shape index (κ3) is 2.97. The largest absolute Gasteiger partial charge is 0.480 e. The first-order valence-corrected chi connectivity index (χ1v) is 6.95. The Balaban J connectivity index is 2.06. The number of aliphatic carboxylic acids is 1. The molecule has 0 aromatic heterocycles. The van der Waals surface area contributed by atoms with E-state index in [1.807, 2.05) is 6.07 Å². The standard InChI is InChI=1S/C12H12ClNO3S/c13-9-3-1-2-8(4-9)5-11(15)14-7-18-6-10(14)12(16)17/h1-4,10H,5-7H2,(H,16,17)/t10-/m0/s1. The van der Waals surface area contributed by atoms with Gasteiger partial charge >= 0.3 is 5.97 Å². The van der Waals surface area contributed by atoms with Crippen LogP contribution in [0.2, 0.25) is 5.02 Å². The van der Waals surface area contributed by atoms with E-state index in [1.165, 1.54) is 16.7 Å². The maximum Gasteiger partial charge on any atom is 0.327 e. The molecule has 1 saturated heterocycles. The first kappa shape index (κ1) is 13.2. The van der Waals surface area contributed by atoms with Crippen LogP contribution >= 0.6 is 23.4 Å². The molecule has 96 valence electrons. The van der Waals surface area contributed by atoms with Crippen LogP contribution in [-0.2, 0) is 16.0 Å². The van der Waals surface area contributed by atoms with Crippen LogP contribution in [-0.4, -0.2) is 39.6 Å². The summed E-state index contributed by atoms with van der Waals surface area (Å²) in [6.45, 7) is 0. The topological polar surface area (TPSA) is 57.6 Å². The van der Waals surface area contributed by atoms with Crippen molar-refractivity contribution >= 4 is 35.2 Å². The Hall–Kier alpha value is -1.20. The maximum absolute atomic E-state index is 12.0. The highest BCUT2D eigenvalue weighted by Gasteiger charge is 2.34. The lowest BCUT2D eigenvalue weighted by Crippen LogP contribution is -2.42. The molecular formula is C12H12ClNO3S. The van der Waals surface area contributed by atoms with Crippen molar-refractivity contribution in [1.29, 1.82) is 0 Å². The molecule has 4 nitrogen and oxygen atoms in total. The molecule has 1 amide bonds. The van der Waals surface area contributed by atoms with Crippen LogP contribution in [0.25, 0.3) is 0 Å². The average molecular weight is 286 g/mol. The summed E-state index contributed by atoms with van der Waals surface area (Å²) in [5.74, 6) is -0.221. The minimum absolute atomic E-state index is 0.172. The molecule has 1 atom stereocenters. The molecule has 0 spiro atoms. The Morgan fingerprint density at radius 1 is 1.50 bits per heavy atom. The van der Waals surface area contributed by atoms with Crippen molar-refractivity contribution in [2.24, 2.45) is 0 Å². The highest BCUT2D eigenvalue weighted by atomic mass is 35.5. The molecule has 1 aromatic carbocycles. The molecule has 0 radical (unpaired) electrons. The number of carbonyl (C=O) groups excluding carboxylic acids is 1. The SMILES string of the molecule is O=C(O)[C@@H]1CSCN1C(=O)Cc1cccc(Cl)c1. The van der Waals surface area contributed by atoms with Crippen molar-refractivity contribution in [1.82, 2.24) is 4.90 Å². The van der Waals surface area contributed by atoms with Crippen molar-refractivity contribution < 1.29 is 14.7 Å². The fourth-order valence-electron chi connectivity index (χ4n) is 1.82. The zero-order chi connectivity index (χ0) is 13.1. The van der Waals surface area contributed by atoms with Crippen LogP contribution in [0, 0.1) is 0 Å². The lowest BCUT2D eigenvalue weighted by Gasteiger charge is -2.20. The summed E-state index contributed by atoms with van der Waals surface area (Å²) in [4.78, 5) is 24.5. The molecule has 1 fully saturated rings. The molecule has 1 aromatic rings. The number of hydrogen-bond acceptors (Lipinski definition) is 3. The molecule has 1 N–H and O–H groups in total. The zero-order valence-electron chi connectivity index (χ0n) is 9.51. The van der Waals surface area contributed by atoms with Gasteiger partial charge in [0.05, 0.1) is 12.3 Å². The minimum Gasteiger partial charge on any atom is -0.480 e. The smallest absolute Gasteiger partial charge is 0.327 e. The number of carboxylic acids is 1. The Labute approximate surface area is 114 Å². The molecule has 0 unspecified atom stereocenters. The summed E-state index contributed by atoms with van der Waals surface area (Å²) in [6, 6.07) is 6.34. The van der Waals surface area contributed by atoms with Crippen molar-refractivity contribution in [2.75, 3.05) is 11.6 Å². The normalized spacial score (nSPS) is 18.9. The number of thioether (sulfide) groups is 1. The molecule has 0 saturated carbocycles. The van der Waals surface area contributed by atoms with E-state index in [2.05, 4.69) is 0 Å². The van der Waals surface area contributed by atoms with E-state index in [-0.39, 0.29) is 12.3 Å². The maximum atomic E-state index is 12.0. The summed E-state index contributed by atoms with van der Waals surface area (Å²) in [5, 5.41) is 9.59. The summed E-state index contributed by atoms with van der Waals surface area (Å²) in [5.41, 5.74) is 0.800. The summed E-state index contributed by atoms with van der Waals surface area (Å²) in [7, 11) is 0. The fourth-order valence-corrected chi connectivity index (χ4v) is 3.20. The molecular weight excluding hydrogens is 274 g/mol. The highest BCUT2D eigenvalue weighted by Crippen LogP contribution is 2.22. The van der Waals surface area contributed by atoms with E-state index in [1.54, 1.807) is 18.2 Å². The van der Waals surface area contributed by atoms with Gasteiger partial charge < -0.3 is 10.0 Å². The Morgan fingerprint density at radius 3 is 2.94 bits per heavy atom. The van der Waals surface area contributed by atoms with E-state index < -0.39 is 12.0 Å². The second-order valence-corrected chi connectivity index (χ2v) is 5.46. The minimum atomic E-state index is -0.945. The number of benzene rings is 1. The van der Waals surface area contributed by atoms with E-state index in [0.717, 1.165) is 5.56 Å². The van der Waals surface area contributed by atoms with Crippen molar-refractivity contribution in [3.8, 4) is 0 Å². The molecule has 1 aliphatic heterocycles. The third-order valence-electron chi connectivity index (χ3n) is 2.73. The summed E-state index contributed by atoms with van der Waals surface area (Å²) < 4.78 is 0. The van der Waals surface area contributed by atoms with Gasteiger partial charge in [0, 0.05) is 10.8 Å². The molecule has 2 rings (SSSR count). The van der Waals surface area contributed by atoms with Crippen LogP contribution in [0.15, 0.2) is 24.3 Å². The summed E-state index contributed by atoms with van der Waals surface area (Å²) in [6.07, 6.45) is 0.185. The molecule has 6 heteroatoms. The van der Waals surface area contributed by atoms with Crippen LogP contribution in [0.5, 0.6) is 0 Å². The Bertz CT molecular complexity index is 480. The van der Waals surface area contributed by atoms with Gasteiger partial charge in [-0.15, -0.1) is 11.8 Å². The van der Waals surface area contributed by atoms with Gasteiger partial charge in [0.15, 0.2) is 0 Å². The molecule has 0 aliphatic carbocycles. The average Bonchev–Trinajstić information content (AvgIpc) is 2.77. The van der Waals surface area contributed by atoms with Gasteiger partial charge in [-0.05, 0) is 17.7 Å². The number of carbonyl (C=O) groups is 2. The van der Waals surface area contributed by atoms with Gasteiger partial charge in [-0.2, -0.15) is 0 Å². The van der Waals surface area contributed by atoms with Crippen LogP contribution < -0.4 is 0 Å². The van der Waals surface area contributed by atoms with Crippen molar-refractivity contribution in [3.63, 3.8) is 0 Å². The number of carboxylic acid groups (broad SMARTS) is 1. The first-order chi connectivity index (χ1) is 8.58. The second kappa shape index (κ2) is 5.63. The molecule has 1 heterocycles. The number of amides is 1. The first-order valence-electron chi connectivity index (χ1n) is 5.42. The van der Waals surface area contributed by atoms with Crippen LogP contribution in [0.4, 0.5) is 0 Å². The van der Waals surface area contributed by atoms with Crippen molar-refractivity contribution in [3.05, 3.63) is 34.9 Å².